The molecule has 19 heavy (non-hydrogen) atoms. The lowest BCUT2D eigenvalue weighted by atomic mass is 9.97. The largest absolute Gasteiger partial charge is 0.388 e. The number of aromatic nitrogens is 1. The maximum atomic E-state index is 12.0. The lowest BCUT2D eigenvalue weighted by Crippen LogP contribution is -2.45. The van der Waals surface area contributed by atoms with Crippen molar-refractivity contribution in [1.29, 1.82) is 0 Å². The smallest absolute Gasteiger partial charge is 0.263 e. The van der Waals surface area contributed by atoms with Crippen molar-refractivity contribution < 1.29 is 9.90 Å². The van der Waals surface area contributed by atoms with E-state index in [1.54, 1.807) is 6.20 Å². The SMILES string of the molecule is CCCc1ncc(C(=O)NCC2(O)CCSCC2)s1. The number of aliphatic hydroxyl groups is 1. The van der Waals surface area contributed by atoms with Gasteiger partial charge < -0.3 is 10.4 Å². The fourth-order valence-electron chi connectivity index (χ4n) is 2.00. The number of thioether (sulfide) groups is 1. The van der Waals surface area contributed by atoms with E-state index in [1.165, 1.54) is 11.3 Å². The summed E-state index contributed by atoms with van der Waals surface area (Å²) in [4.78, 5) is 16.9. The fraction of sp³-hybridized carbons (Fsp3) is 0.692. The molecule has 0 unspecified atom stereocenters. The van der Waals surface area contributed by atoms with Gasteiger partial charge in [0, 0.05) is 6.54 Å². The summed E-state index contributed by atoms with van der Waals surface area (Å²) >= 11 is 3.30. The molecule has 0 aromatic carbocycles. The zero-order valence-electron chi connectivity index (χ0n) is 11.1. The molecule has 106 valence electrons. The first-order valence-electron chi connectivity index (χ1n) is 6.66. The number of carbonyl (C=O) groups is 1. The van der Waals surface area contributed by atoms with E-state index < -0.39 is 5.60 Å². The molecule has 1 saturated heterocycles. The summed E-state index contributed by atoms with van der Waals surface area (Å²) in [7, 11) is 0. The number of carbonyl (C=O) groups excluding carboxylic acids is 1. The summed E-state index contributed by atoms with van der Waals surface area (Å²) in [6.07, 6.45) is 5.08. The number of amides is 1. The maximum Gasteiger partial charge on any atom is 0.263 e. The Kier molecular flexibility index (Phi) is 5.24. The molecule has 4 nitrogen and oxygen atoms in total. The predicted octanol–water partition coefficient (Wildman–Crippen LogP) is 2.08. The van der Waals surface area contributed by atoms with E-state index in [9.17, 15) is 9.90 Å². The summed E-state index contributed by atoms with van der Waals surface area (Å²) in [6, 6.07) is 0. The lowest BCUT2D eigenvalue weighted by molar-refractivity contribution is 0.0312. The van der Waals surface area contributed by atoms with Gasteiger partial charge in [0.1, 0.15) is 4.88 Å². The number of thiazole rings is 1. The van der Waals surface area contributed by atoms with Crippen LogP contribution in [-0.2, 0) is 6.42 Å². The monoisotopic (exact) mass is 300 g/mol. The van der Waals surface area contributed by atoms with E-state index >= 15 is 0 Å². The van der Waals surface area contributed by atoms with Gasteiger partial charge in [0.05, 0.1) is 16.8 Å². The molecule has 1 aliphatic heterocycles. The van der Waals surface area contributed by atoms with E-state index in [-0.39, 0.29) is 5.91 Å². The van der Waals surface area contributed by atoms with E-state index in [2.05, 4.69) is 17.2 Å². The molecule has 0 aliphatic carbocycles. The molecule has 0 saturated carbocycles. The van der Waals surface area contributed by atoms with Crippen molar-refractivity contribution in [3.8, 4) is 0 Å². The Hall–Kier alpha value is -0.590. The normalized spacial score (nSPS) is 18.2. The van der Waals surface area contributed by atoms with E-state index in [4.69, 9.17) is 0 Å². The zero-order valence-corrected chi connectivity index (χ0v) is 12.8. The van der Waals surface area contributed by atoms with Crippen LogP contribution in [0.1, 0.15) is 40.9 Å². The number of rotatable bonds is 5. The molecular formula is C13H20N2O2S2. The minimum absolute atomic E-state index is 0.119. The van der Waals surface area contributed by atoms with E-state index in [0.717, 1.165) is 42.2 Å². The molecule has 1 fully saturated rings. The van der Waals surface area contributed by atoms with Crippen molar-refractivity contribution in [2.45, 2.75) is 38.2 Å². The molecule has 1 aliphatic rings. The van der Waals surface area contributed by atoms with Crippen molar-refractivity contribution in [2.75, 3.05) is 18.1 Å². The molecule has 1 aromatic heterocycles. The molecule has 1 amide bonds. The predicted molar refractivity (Wildman–Crippen MR) is 80.0 cm³/mol. The molecule has 2 N–H and O–H groups in total. The van der Waals surface area contributed by atoms with Gasteiger partial charge in [0.2, 0.25) is 0 Å². The molecule has 2 rings (SSSR count). The third-order valence-electron chi connectivity index (χ3n) is 3.24. The summed E-state index contributed by atoms with van der Waals surface area (Å²) < 4.78 is 0. The van der Waals surface area contributed by atoms with Crippen LogP contribution in [0.5, 0.6) is 0 Å². The number of hydrogen-bond acceptors (Lipinski definition) is 5. The number of nitrogens with zero attached hydrogens (tertiary/aromatic N) is 1. The molecule has 6 heteroatoms. The van der Waals surface area contributed by atoms with Crippen molar-refractivity contribution >= 4 is 29.0 Å². The van der Waals surface area contributed by atoms with Gasteiger partial charge in [0.15, 0.2) is 0 Å². The Balaban J connectivity index is 1.86. The third-order valence-corrected chi connectivity index (χ3v) is 5.28. The van der Waals surface area contributed by atoms with Crippen LogP contribution in [0.15, 0.2) is 6.20 Å². The summed E-state index contributed by atoms with van der Waals surface area (Å²) in [5, 5.41) is 14.2. The highest BCUT2D eigenvalue weighted by Gasteiger charge is 2.30. The highest BCUT2D eigenvalue weighted by atomic mass is 32.2. The van der Waals surface area contributed by atoms with Crippen LogP contribution >= 0.6 is 23.1 Å². The van der Waals surface area contributed by atoms with Gasteiger partial charge in [-0.25, -0.2) is 4.98 Å². The van der Waals surface area contributed by atoms with Crippen LogP contribution in [0.4, 0.5) is 0 Å². The van der Waals surface area contributed by atoms with Gasteiger partial charge in [-0.15, -0.1) is 11.3 Å². The Morgan fingerprint density at radius 3 is 2.95 bits per heavy atom. The van der Waals surface area contributed by atoms with Crippen molar-refractivity contribution in [3.05, 3.63) is 16.1 Å². The second kappa shape index (κ2) is 6.72. The van der Waals surface area contributed by atoms with E-state index in [1.807, 2.05) is 11.8 Å². The molecule has 0 atom stereocenters. The summed E-state index contributed by atoms with van der Waals surface area (Å²) in [6.45, 7) is 2.44. The molecule has 0 bridgehead atoms. The van der Waals surface area contributed by atoms with Gasteiger partial charge >= 0.3 is 0 Å². The first kappa shape index (κ1) is 14.8. The van der Waals surface area contributed by atoms with Crippen LogP contribution in [0.25, 0.3) is 0 Å². The van der Waals surface area contributed by atoms with Crippen LogP contribution < -0.4 is 5.32 Å². The minimum Gasteiger partial charge on any atom is -0.388 e. The van der Waals surface area contributed by atoms with Crippen molar-refractivity contribution in [1.82, 2.24) is 10.3 Å². The maximum absolute atomic E-state index is 12.0. The second-order valence-corrected chi connectivity index (χ2v) is 7.23. The van der Waals surface area contributed by atoms with Gasteiger partial charge in [-0.2, -0.15) is 11.8 Å². The highest BCUT2D eigenvalue weighted by Crippen LogP contribution is 2.26. The number of nitrogens with one attached hydrogen (secondary N) is 1. The average Bonchev–Trinajstić information content (AvgIpc) is 2.86. The average molecular weight is 300 g/mol. The van der Waals surface area contributed by atoms with Crippen LogP contribution in [0.3, 0.4) is 0 Å². The Morgan fingerprint density at radius 1 is 1.53 bits per heavy atom. The lowest BCUT2D eigenvalue weighted by Gasteiger charge is -2.31. The quantitative estimate of drug-likeness (QED) is 0.874. The van der Waals surface area contributed by atoms with Crippen molar-refractivity contribution in [3.63, 3.8) is 0 Å². The Labute approximate surface area is 122 Å². The van der Waals surface area contributed by atoms with Gasteiger partial charge in [-0.3, -0.25) is 4.79 Å². The third kappa shape index (κ3) is 4.19. The topological polar surface area (TPSA) is 62.2 Å². The Bertz CT molecular complexity index is 428. The molecule has 0 radical (unpaired) electrons. The van der Waals surface area contributed by atoms with Crippen molar-refractivity contribution in [2.24, 2.45) is 0 Å². The van der Waals surface area contributed by atoms with Gasteiger partial charge in [0.25, 0.3) is 5.91 Å². The molecular weight excluding hydrogens is 280 g/mol. The van der Waals surface area contributed by atoms with E-state index in [0.29, 0.717) is 11.4 Å². The van der Waals surface area contributed by atoms with Crippen LogP contribution in [-0.4, -0.2) is 39.6 Å². The summed E-state index contributed by atoms with van der Waals surface area (Å²) in [5.74, 6) is 1.81. The van der Waals surface area contributed by atoms with Crippen LogP contribution in [0, 0.1) is 0 Å². The Morgan fingerprint density at radius 2 is 2.26 bits per heavy atom. The minimum atomic E-state index is -0.724. The fourth-order valence-corrected chi connectivity index (χ4v) is 4.19. The molecule has 1 aromatic rings. The zero-order chi connectivity index (χ0) is 13.7. The standard InChI is InChI=1S/C13H20N2O2S2/c1-2-3-11-14-8-10(19-11)12(16)15-9-13(17)4-6-18-7-5-13/h8,17H,2-7,9H2,1H3,(H,15,16). The first-order valence-corrected chi connectivity index (χ1v) is 8.63. The van der Waals surface area contributed by atoms with Gasteiger partial charge in [-0.05, 0) is 37.2 Å². The first-order chi connectivity index (χ1) is 9.13. The highest BCUT2D eigenvalue weighted by molar-refractivity contribution is 7.99. The second-order valence-electron chi connectivity index (χ2n) is 4.89. The van der Waals surface area contributed by atoms with Gasteiger partial charge in [-0.1, -0.05) is 6.92 Å². The molecule has 0 spiro atoms. The number of aryl methyl sites for hydroxylation is 1. The van der Waals surface area contributed by atoms with Crippen LogP contribution in [0.2, 0.25) is 0 Å². The number of hydrogen-bond donors (Lipinski definition) is 2. The summed E-state index contributed by atoms with van der Waals surface area (Å²) in [5.41, 5.74) is -0.724. The molecule has 2 heterocycles.